The van der Waals surface area contributed by atoms with Gasteiger partial charge in [0.25, 0.3) is 0 Å². The lowest BCUT2D eigenvalue weighted by Gasteiger charge is -2.17. The molecule has 1 N–H and O–H groups in total. The summed E-state index contributed by atoms with van der Waals surface area (Å²) < 4.78 is 10.7. The van der Waals surface area contributed by atoms with Gasteiger partial charge in [0.15, 0.2) is 0 Å². The second kappa shape index (κ2) is 7.62. The fraction of sp³-hybridized carbons (Fsp3) is 0.533. The number of ether oxygens (including phenoxy) is 2. The third-order valence-corrected chi connectivity index (χ3v) is 3.74. The van der Waals surface area contributed by atoms with Crippen LogP contribution < -0.4 is 5.32 Å². The van der Waals surface area contributed by atoms with Gasteiger partial charge in [-0.15, -0.1) is 0 Å². The van der Waals surface area contributed by atoms with Gasteiger partial charge in [0, 0.05) is 16.6 Å². The monoisotopic (exact) mass is 297 g/mol. The van der Waals surface area contributed by atoms with Gasteiger partial charge in [-0.1, -0.05) is 36.7 Å². The topological polar surface area (TPSA) is 47.6 Å². The average molecular weight is 298 g/mol. The maximum Gasteiger partial charge on any atom is 0.313 e. The molecule has 1 saturated heterocycles. The summed E-state index contributed by atoms with van der Waals surface area (Å²) >= 11 is 6.04. The van der Waals surface area contributed by atoms with Gasteiger partial charge in [-0.3, -0.25) is 4.79 Å². The molecule has 0 amide bonds. The molecule has 1 fully saturated rings. The van der Waals surface area contributed by atoms with Crippen LogP contribution >= 0.6 is 11.6 Å². The molecular weight excluding hydrogens is 278 g/mol. The van der Waals surface area contributed by atoms with Gasteiger partial charge >= 0.3 is 5.97 Å². The van der Waals surface area contributed by atoms with E-state index in [9.17, 15) is 4.79 Å². The molecule has 0 saturated carbocycles. The molecule has 5 heteroatoms. The first kappa shape index (κ1) is 15.3. The first-order chi connectivity index (χ1) is 9.72. The highest BCUT2D eigenvalue weighted by Crippen LogP contribution is 2.19. The average Bonchev–Trinajstić information content (AvgIpc) is 2.92. The molecule has 1 aliphatic heterocycles. The van der Waals surface area contributed by atoms with Crippen molar-refractivity contribution in [1.82, 2.24) is 5.32 Å². The standard InChI is InChI=1S/C15H20ClNO3/c1-2-7-17-14-10-19-9-12(14)15(18)20-8-11-5-3-4-6-13(11)16/h3-6,12,14,17H,2,7-10H2,1H3. The van der Waals surface area contributed by atoms with Crippen molar-refractivity contribution >= 4 is 17.6 Å². The lowest BCUT2D eigenvalue weighted by atomic mass is 10.0. The van der Waals surface area contributed by atoms with Gasteiger partial charge in [-0.05, 0) is 19.0 Å². The van der Waals surface area contributed by atoms with E-state index < -0.39 is 0 Å². The summed E-state index contributed by atoms with van der Waals surface area (Å²) in [5.74, 6) is -0.458. The minimum atomic E-state index is -0.232. The highest BCUT2D eigenvalue weighted by atomic mass is 35.5. The molecule has 0 aromatic heterocycles. The van der Waals surface area contributed by atoms with Crippen LogP contribution in [0.25, 0.3) is 0 Å². The Bertz CT molecular complexity index is 452. The van der Waals surface area contributed by atoms with E-state index in [0.717, 1.165) is 18.5 Å². The van der Waals surface area contributed by atoms with Crippen LogP contribution in [-0.2, 0) is 20.9 Å². The number of carbonyl (C=O) groups is 1. The van der Waals surface area contributed by atoms with Crippen LogP contribution in [0.15, 0.2) is 24.3 Å². The molecule has 1 aromatic rings. The molecule has 20 heavy (non-hydrogen) atoms. The Morgan fingerprint density at radius 3 is 3.00 bits per heavy atom. The fourth-order valence-electron chi connectivity index (χ4n) is 2.19. The predicted octanol–water partition coefficient (Wildman–Crippen LogP) is 2.40. The summed E-state index contributed by atoms with van der Waals surface area (Å²) in [5.41, 5.74) is 0.819. The molecule has 0 bridgehead atoms. The van der Waals surface area contributed by atoms with Crippen LogP contribution in [0.1, 0.15) is 18.9 Å². The van der Waals surface area contributed by atoms with E-state index in [0.29, 0.717) is 18.2 Å². The largest absolute Gasteiger partial charge is 0.460 e. The van der Waals surface area contributed by atoms with Crippen LogP contribution in [0.4, 0.5) is 0 Å². The van der Waals surface area contributed by atoms with Crippen molar-refractivity contribution in [3.63, 3.8) is 0 Å². The smallest absolute Gasteiger partial charge is 0.313 e. The number of halogens is 1. The van der Waals surface area contributed by atoms with Gasteiger partial charge < -0.3 is 14.8 Å². The zero-order chi connectivity index (χ0) is 14.4. The maximum absolute atomic E-state index is 12.1. The molecule has 2 rings (SSSR count). The Balaban J connectivity index is 1.86. The first-order valence-corrected chi connectivity index (χ1v) is 7.31. The van der Waals surface area contributed by atoms with E-state index in [1.54, 1.807) is 6.07 Å². The van der Waals surface area contributed by atoms with Crippen molar-refractivity contribution in [2.75, 3.05) is 19.8 Å². The third-order valence-electron chi connectivity index (χ3n) is 3.37. The number of benzene rings is 1. The number of rotatable bonds is 6. The third kappa shape index (κ3) is 3.95. The van der Waals surface area contributed by atoms with Crippen LogP contribution in [-0.4, -0.2) is 31.8 Å². The normalized spacial score (nSPS) is 21.9. The van der Waals surface area contributed by atoms with E-state index in [4.69, 9.17) is 21.1 Å². The van der Waals surface area contributed by atoms with E-state index in [2.05, 4.69) is 12.2 Å². The number of nitrogens with one attached hydrogen (secondary N) is 1. The summed E-state index contributed by atoms with van der Waals surface area (Å²) in [4.78, 5) is 12.1. The van der Waals surface area contributed by atoms with Crippen molar-refractivity contribution in [2.45, 2.75) is 26.0 Å². The van der Waals surface area contributed by atoms with Gasteiger partial charge in [-0.25, -0.2) is 0 Å². The van der Waals surface area contributed by atoms with E-state index in [-0.39, 0.29) is 24.5 Å². The van der Waals surface area contributed by atoms with Crippen molar-refractivity contribution < 1.29 is 14.3 Å². The SMILES string of the molecule is CCCNC1COCC1C(=O)OCc1ccccc1Cl. The lowest BCUT2D eigenvalue weighted by Crippen LogP contribution is -2.40. The molecular formula is C15H20ClNO3. The van der Waals surface area contributed by atoms with Crippen molar-refractivity contribution in [3.8, 4) is 0 Å². The zero-order valence-electron chi connectivity index (χ0n) is 11.6. The summed E-state index contributed by atoms with van der Waals surface area (Å²) in [6, 6.07) is 7.42. The van der Waals surface area contributed by atoms with Crippen LogP contribution in [0.3, 0.4) is 0 Å². The highest BCUT2D eigenvalue weighted by Gasteiger charge is 2.34. The molecule has 1 aromatic carbocycles. The first-order valence-electron chi connectivity index (χ1n) is 6.93. The summed E-state index contributed by atoms with van der Waals surface area (Å²) in [7, 11) is 0. The minimum Gasteiger partial charge on any atom is -0.460 e. The quantitative estimate of drug-likeness (QED) is 0.819. The Hall–Kier alpha value is -1.10. The van der Waals surface area contributed by atoms with E-state index in [1.807, 2.05) is 18.2 Å². The van der Waals surface area contributed by atoms with Gasteiger partial charge in [0.2, 0.25) is 0 Å². The molecule has 1 heterocycles. The molecule has 4 nitrogen and oxygen atoms in total. The molecule has 110 valence electrons. The Morgan fingerprint density at radius 1 is 1.45 bits per heavy atom. The van der Waals surface area contributed by atoms with Crippen molar-refractivity contribution in [3.05, 3.63) is 34.9 Å². The maximum atomic E-state index is 12.1. The van der Waals surface area contributed by atoms with E-state index >= 15 is 0 Å². The molecule has 1 aliphatic rings. The van der Waals surface area contributed by atoms with Gasteiger partial charge in [0.1, 0.15) is 6.61 Å². The minimum absolute atomic E-state index is 0.0497. The fourth-order valence-corrected chi connectivity index (χ4v) is 2.38. The van der Waals surface area contributed by atoms with Gasteiger partial charge in [0.05, 0.1) is 19.1 Å². The molecule has 2 unspecified atom stereocenters. The van der Waals surface area contributed by atoms with Crippen molar-refractivity contribution in [1.29, 1.82) is 0 Å². The van der Waals surface area contributed by atoms with Crippen LogP contribution in [0.5, 0.6) is 0 Å². The number of esters is 1. The molecule has 0 radical (unpaired) electrons. The summed E-state index contributed by atoms with van der Waals surface area (Å²) in [6.07, 6.45) is 1.03. The molecule has 0 aliphatic carbocycles. The number of hydrogen-bond acceptors (Lipinski definition) is 4. The zero-order valence-corrected chi connectivity index (χ0v) is 12.4. The summed E-state index contributed by atoms with van der Waals surface area (Å²) in [5, 5.41) is 3.93. The molecule has 0 spiro atoms. The van der Waals surface area contributed by atoms with Gasteiger partial charge in [-0.2, -0.15) is 0 Å². The lowest BCUT2D eigenvalue weighted by molar-refractivity contribution is -0.150. The second-order valence-corrected chi connectivity index (χ2v) is 5.31. The molecule has 2 atom stereocenters. The summed E-state index contributed by atoms with van der Waals surface area (Å²) in [6.45, 7) is 4.15. The second-order valence-electron chi connectivity index (χ2n) is 4.90. The van der Waals surface area contributed by atoms with Crippen LogP contribution in [0, 0.1) is 5.92 Å². The van der Waals surface area contributed by atoms with E-state index in [1.165, 1.54) is 0 Å². The Kier molecular flexibility index (Phi) is 5.83. The number of hydrogen-bond donors (Lipinski definition) is 1. The number of carbonyl (C=O) groups excluding carboxylic acids is 1. The highest BCUT2D eigenvalue weighted by molar-refractivity contribution is 6.31. The van der Waals surface area contributed by atoms with Crippen LogP contribution in [0.2, 0.25) is 5.02 Å². The van der Waals surface area contributed by atoms with Crippen molar-refractivity contribution in [2.24, 2.45) is 5.92 Å². The predicted molar refractivity (Wildman–Crippen MR) is 77.6 cm³/mol. The Labute approximate surface area is 124 Å². The Morgan fingerprint density at radius 2 is 2.25 bits per heavy atom.